The SMILES string of the molecule is C/C(=N/NC(=S)Nc1ccc(C(C)C)cc1)c1ccc2c(c1)NC(=O)CO2. The molecule has 0 aromatic heterocycles. The van der Waals surface area contributed by atoms with E-state index in [9.17, 15) is 4.79 Å². The Morgan fingerprint density at radius 3 is 2.67 bits per heavy atom. The van der Waals surface area contributed by atoms with Crippen LogP contribution in [0.25, 0.3) is 0 Å². The Kier molecular flexibility index (Phi) is 5.71. The minimum absolute atomic E-state index is 0.0407. The summed E-state index contributed by atoms with van der Waals surface area (Å²) in [4.78, 5) is 11.4. The summed E-state index contributed by atoms with van der Waals surface area (Å²) in [7, 11) is 0. The summed E-state index contributed by atoms with van der Waals surface area (Å²) < 4.78 is 5.36. The highest BCUT2D eigenvalue weighted by atomic mass is 32.1. The molecule has 7 heteroatoms. The molecule has 3 N–H and O–H groups in total. The maximum absolute atomic E-state index is 11.4. The van der Waals surface area contributed by atoms with Crippen LogP contribution in [0.4, 0.5) is 11.4 Å². The summed E-state index contributed by atoms with van der Waals surface area (Å²) in [5, 5.41) is 10.6. The molecule has 0 radical (unpaired) electrons. The van der Waals surface area contributed by atoms with Gasteiger partial charge in [-0.1, -0.05) is 26.0 Å². The molecule has 6 nitrogen and oxygen atoms in total. The van der Waals surface area contributed by atoms with E-state index in [-0.39, 0.29) is 12.5 Å². The van der Waals surface area contributed by atoms with Gasteiger partial charge < -0.3 is 15.4 Å². The van der Waals surface area contributed by atoms with Crippen molar-refractivity contribution in [3.05, 3.63) is 53.6 Å². The van der Waals surface area contributed by atoms with E-state index in [4.69, 9.17) is 17.0 Å². The number of hydrogen-bond donors (Lipinski definition) is 3. The van der Waals surface area contributed by atoms with Crippen LogP contribution in [0, 0.1) is 0 Å². The highest BCUT2D eigenvalue weighted by Gasteiger charge is 2.16. The molecule has 0 unspecified atom stereocenters. The quantitative estimate of drug-likeness (QED) is 0.425. The van der Waals surface area contributed by atoms with Gasteiger partial charge >= 0.3 is 0 Å². The van der Waals surface area contributed by atoms with Crippen LogP contribution in [0.1, 0.15) is 37.8 Å². The fourth-order valence-corrected chi connectivity index (χ4v) is 2.78. The molecular weight excluding hydrogens is 360 g/mol. The van der Waals surface area contributed by atoms with Crippen LogP contribution in [0.5, 0.6) is 5.75 Å². The van der Waals surface area contributed by atoms with E-state index in [1.807, 2.05) is 37.3 Å². The maximum Gasteiger partial charge on any atom is 0.262 e. The maximum atomic E-state index is 11.4. The van der Waals surface area contributed by atoms with Crippen molar-refractivity contribution in [3.63, 3.8) is 0 Å². The van der Waals surface area contributed by atoms with Crippen molar-refractivity contribution in [2.45, 2.75) is 26.7 Å². The summed E-state index contributed by atoms with van der Waals surface area (Å²) >= 11 is 5.30. The average molecular weight is 382 g/mol. The standard InChI is InChI=1S/C20H22N4O2S/c1-12(2)14-4-7-16(8-5-14)21-20(27)24-23-13(3)15-6-9-18-17(10-15)22-19(25)11-26-18/h4-10,12H,11H2,1-3H3,(H,22,25)(H2,21,24,27)/b23-13-. The summed E-state index contributed by atoms with van der Waals surface area (Å²) in [5.41, 5.74) is 7.26. The Bertz CT molecular complexity index is 891. The van der Waals surface area contributed by atoms with Crippen molar-refractivity contribution in [2.75, 3.05) is 17.2 Å². The summed E-state index contributed by atoms with van der Waals surface area (Å²) in [6.07, 6.45) is 0. The lowest BCUT2D eigenvalue weighted by Crippen LogP contribution is -2.26. The number of carbonyl (C=O) groups is 1. The van der Waals surface area contributed by atoms with Gasteiger partial charge in [0.15, 0.2) is 11.7 Å². The number of anilines is 2. The first-order valence-electron chi connectivity index (χ1n) is 8.70. The highest BCUT2D eigenvalue weighted by molar-refractivity contribution is 7.80. The second kappa shape index (κ2) is 8.18. The molecule has 1 amide bonds. The molecular formula is C20H22N4O2S. The monoisotopic (exact) mass is 382 g/mol. The van der Waals surface area contributed by atoms with Gasteiger partial charge in [-0.05, 0) is 66.5 Å². The van der Waals surface area contributed by atoms with Gasteiger partial charge in [0.05, 0.1) is 11.4 Å². The zero-order chi connectivity index (χ0) is 19.4. The van der Waals surface area contributed by atoms with Gasteiger partial charge in [0, 0.05) is 5.69 Å². The second-order valence-corrected chi connectivity index (χ2v) is 7.00. The van der Waals surface area contributed by atoms with Gasteiger partial charge in [0.25, 0.3) is 5.91 Å². The number of carbonyl (C=O) groups excluding carboxylic acids is 1. The zero-order valence-electron chi connectivity index (χ0n) is 15.5. The van der Waals surface area contributed by atoms with E-state index in [0.29, 0.717) is 22.5 Å². The number of hydrogen-bond acceptors (Lipinski definition) is 4. The minimum atomic E-state index is -0.166. The second-order valence-electron chi connectivity index (χ2n) is 6.59. The number of thiocarbonyl (C=S) groups is 1. The lowest BCUT2D eigenvalue weighted by atomic mass is 10.0. The molecule has 0 fully saturated rings. The molecule has 1 heterocycles. The Labute approximate surface area is 164 Å². The fourth-order valence-electron chi connectivity index (χ4n) is 2.62. The van der Waals surface area contributed by atoms with Crippen LogP contribution in [-0.4, -0.2) is 23.3 Å². The van der Waals surface area contributed by atoms with Crippen molar-refractivity contribution < 1.29 is 9.53 Å². The predicted molar refractivity (Wildman–Crippen MR) is 113 cm³/mol. The van der Waals surface area contributed by atoms with Gasteiger partial charge in [-0.2, -0.15) is 5.10 Å². The van der Waals surface area contributed by atoms with E-state index < -0.39 is 0 Å². The number of hydrazone groups is 1. The molecule has 3 rings (SSSR count). The Morgan fingerprint density at radius 2 is 1.96 bits per heavy atom. The first kappa shape index (κ1) is 18.8. The molecule has 2 aromatic carbocycles. The first-order chi connectivity index (χ1) is 12.9. The van der Waals surface area contributed by atoms with Crippen LogP contribution in [0.3, 0.4) is 0 Å². The van der Waals surface area contributed by atoms with Crippen LogP contribution < -0.4 is 20.8 Å². The number of fused-ring (bicyclic) bond motifs is 1. The van der Waals surface area contributed by atoms with E-state index in [1.165, 1.54) is 5.56 Å². The zero-order valence-corrected chi connectivity index (χ0v) is 16.3. The fraction of sp³-hybridized carbons (Fsp3) is 0.250. The van der Waals surface area contributed by atoms with E-state index in [1.54, 1.807) is 0 Å². The molecule has 0 spiro atoms. The summed E-state index contributed by atoms with van der Waals surface area (Å²) in [6, 6.07) is 13.7. The van der Waals surface area contributed by atoms with Gasteiger partial charge in [-0.3, -0.25) is 10.2 Å². The average Bonchev–Trinajstić information content (AvgIpc) is 2.66. The third-order valence-corrected chi connectivity index (χ3v) is 4.38. The molecule has 0 bridgehead atoms. The van der Waals surface area contributed by atoms with Crippen molar-refractivity contribution in [3.8, 4) is 5.75 Å². The van der Waals surface area contributed by atoms with Crippen molar-refractivity contribution in [2.24, 2.45) is 5.10 Å². The molecule has 0 saturated heterocycles. The largest absolute Gasteiger partial charge is 0.482 e. The van der Waals surface area contributed by atoms with Crippen LogP contribution in [-0.2, 0) is 4.79 Å². The lowest BCUT2D eigenvalue weighted by Gasteiger charge is -2.18. The molecule has 1 aliphatic heterocycles. The molecule has 0 saturated carbocycles. The van der Waals surface area contributed by atoms with Gasteiger partial charge in [-0.25, -0.2) is 0 Å². The molecule has 140 valence electrons. The van der Waals surface area contributed by atoms with Crippen molar-refractivity contribution in [1.29, 1.82) is 0 Å². The number of nitrogens with one attached hydrogen (secondary N) is 3. The predicted octanol–water partition coefficient (Wildman–Crippen LogP) is 3.85. The van der Waals surface area contributed by atoms with Crippen LogP contribution in [0.15, 0.2) is 47.6 Å². The van der Waals surface area contributed by atoms with Crippen LogP contribution >= 0.6 is 12.2 Å². The first-order valence-corrected chi connectivity index (χ1v) is 9.11. The van der Waals surface area contributed by atoms with E-state index in [2.05, 4.69) is 47.1 Å². The van der Waals surface area contributed by atoms with E-state index in [0.717, 1.165) is 17.0 Å². The molecule has 1 aliphatic rings. The topological polar surface area (TPSA) is 74.8 Å². The van der Waals surface area contributed by atoms with Gasteiger partial charge in [0.2, 0.25) is 0 Å². The molecule has 0 atom stereocenters. The normalized spacial score (nSPS) is 13.5. The van der Waals surface area contributed by atoms with E-state index >= 15 is 0 Å². The highest BCUT2D eigenvalue weighted by Crippen LogP contribution is 2.28. The molecule has 0 aliphatic carbocycles. The molecule has 2 aromatic rings. The lowest BCUT2D eigenvalue weighted by molar-refractivity contribution is -0.118. The Balaban J connectivity index is 1.62. The third kappa shape index (κ3) is 4.83. The Hall–Kier alpha value is -2.93. The Morgan fingerprint density at radius 1 is 1.22 bits per heavy atom. The molecule has 27 heavy (non-hydrogen) atoms. The number of ether oxygens (including phenoxy) is 1. The van der Waals surface area contributed by atoms with Crippen molar-refractivity contribution in [1.82, 2.24) is 5.43 Å². The van der Waals surface area contributed by atoms with Gasteiger partial charge in [0.1, 0.15) is 5.75 Å². The summed E-state index contributed by atoms with van der Waals surface area (Å²) in [5.74, 6) is 0.977. The summed E-state index contributed by atoms with van der Waals surface area (Å²) in [6.45, 7) is 6.22. The van der Waals surface area contributed by atoms with Gasteiger partial charge in [-0.15, -0.1) is 0 Å². The smallest absolute Gasteiger partial charge is 0.262 e. The minimum Gasteiger partial charge on any atom is -0.482 e. The number of amides is 1. The van der Waals surface area contributed by atoms with Crippen molar-refractivity contribution >= 4 is 40.3 Å². The third-order valence-electron chi connectivity index (χ3n) is 4.19. The van der Waals surface area contributed by atoms with Crippen LogP contribution in [0.2, 0.25) is 0 Å². The number of rotatable bonds is 4. The number of benzene rings is 2. The number of nitrogens with zero attached hydrogens (tertiary/aromatic N) is 1.